The van der Waals surface area contributed by atoms with Crippen molar-refractivity contribution in [3.05, 3.63) is 23.3 Å². The maximum Gasteiger partial charge on any atom is 0.330 e. The quantitative estimate of drug-likeness (QED) is 0.497. The number of rotatable bonds is 2. The van der Waals surface area contributed by atoms with E-state index in [2.05, 4.69) is 4.74 Å². The zero-order valence-electron chi connectivity index (χ0n) is 8.50. The lowest BCUT2D eigenvalue weighted by molar-refractivity contribution is -0.134. The standard InChI is InChI=1S/C11H14O3/c1-8-9(4-3-5-10(8)12)6-7-11(13)14-2/h6-7H,3-5H2,1-2H3/b7-6+. The Labute approximate surface area is 83.4 Å². The van der Waals surface area contributed by atoms with Gasteiger partial charge in [-0.25, -0.2) is 4.79 Å². The molecule has 0 radical (unpaired) electrons. The number of allylic oxidation sites excluding steroid dienone is 3. The molecule has 0 spiro atoms. The Kier molecular flexibility index (Phi) is 3.63. The highest BCUT2D eigenvalue weighted by molar-refractivity contribution is 5.97. The van der Waals surface area contributed by atoms with E-state index in [0.29, 0.717) is 6.42 Å². The number of methoxy groups -OCH3 is 1. The molecular weight excluding hydrogens is 180 g/mol. The first-order chi connectivity index (χ1) is 6.65. The summed E-state index contributed by atoms with van der Waals surface area (Å²) >= 11 is 0. The summed E-state index contributed by atoms with van der Waals surface area (Å²) in [6, 6.07) is 0. The van der Waals surface area contributed by atoms with E-state index < -0.39 is 0 Å². The van der Waals surface area contributed by atoms with Crippen molar-refractivity contribution in [3.63, 3.8) is 0 Å². The van der Waals surface area contributed by atoms with E-state index in [-0.39, 0.29) is 11.8 Å². The third kappa shape index (κ3) is 2.55. The monoisotopic (exact) mass is 194 g/mol. The fourth-order valence-electron chi connectivity index (χ4n) is 1.44. The van der Waals surface area contributed by atoms with E-state index in [1.54, 1.807) is 13.0 Å². The van der Waals surface area contributed by atoms with E-state index >= 15 is 0 Å². The van der Waals surface area contributed by atoms with Gasteiger partial charge in [-0.2, -0.15) is 0 Å². The van der Waals surface area contributed by atoms with Crippen molar-refractivity contribution < 1.29 is 14.3 Å². The molecular formula is C11H14O3. The molecule has 0 fully saturated rings. The van der Waals surface area contributed by atoms with Crippen LogP contribution in [-0.2, 0) is 14.3 Å². The summed E-state index contributed by atoms with van der Waals surface area (Å²) in [5.74, 6) is -0.205. The Bertz CT molecular complexity index is 310. The second-order valence-corrected chi connectivity index (χ2v) is 3.28. The molecule has 76 valence electrons. The number of Topliss-reactive ketones (excluding diaryl/α,β-unsaturated/α-hetero) is 1. The number of carbonyl (C=O) groups excluding carboxylic acids is 2. The van der Waals surface area contributed by atoms with Crippen LogP contribution in [0.15, 0.2) is 23.3 Å². The Morgan fingerprint density at radius 1 is 1.43 bits per heavy atom. The van der Waals surface area contributed by atoms with Gasteiger partial charge in [0.1, 0.15) is 0 Å². The second-order valence-electron chi connectivity index (χ2n) is 3.28. The SMILES string of the molecule is COC(=O)/C=C/C1=C(C)C(=O)CCC1. The summed E-state index contributed by atoms with van der Waals surface area (Å²) in [5, 5.41) is 0. The van der Waals surface area contributed by atoms with Gasteiger partial charge in [-0.15, -0.1) is 0 Å². The van der Waals surface area contributed by atoms with Crippen LogP contribution in [0.25, 0.3) is 0 Å². The van der Waals surface area contributed by atoms with Gasteiger partial charge < -0.3 is 4.74 Å². The molecule has 0 bridgehead atoms. The first-order valence-corrected chi connectivity index (χ1v) is 4.64. The number of hydrogen-bond acceptors (Lipinski definition) is 3. The predicted molar refractivity (Wildman–Crippen MR) is 52.7 cm³/mol. The van der Waals surface area contributed by atoms with Crippen molar-refractivity contribution in [1.82, 2.24) is 0 Å². The van der Waals surface area contributed by atoms with Gasteiger partial charge in [0.25, 0.3) is 0 Å². The molecule has 0 atom stereocenters. The lowest BCUT2D eigenvalue weighted by Gasteiger charge is -2.13. The highest BCUT2D eigenvalue weighted by Crippen LogP contribution is 2.22. The van der Waals surface area contributed by atoms with Crippen LogP contribution in [0.1, 0.15) is 26.2 Å². The van der Waals surface area contributed by atoms with Gasteiger partial charge in [0.2, 0.25) is 0 Å². The molecule has 14 heavy (non-hydrogen) atoms. The maximum absolute atomic E-state index is 11.3. The summed E-state index contributed by atoms with van der Waals surface area (Å²) in [7, 11) is 1.33. The fraction of sp³-hybridized carbons (Fsp3) is 0.455. The number of carbonyl (C=O) groups is 2. The highest BCUT2D eigenvalue weighted by atomic mass is 16.5. The van der Waals surface area contributed by atoms with Gasteiger partial charge in [-0.3, -0.25) is 4.79 Å². The van der Waals surface area contributed by atoms with Crippen LogP contribution in [0.5, 0.6) is 0 Å². The van der Waals surface area contributed by atoms with Crippen molar-refractivity contribution in [2.75, 3.05) is 7.11 Å². The molecule has 0 aliphatic heterocycles. The van der Waals surface area contributed by atoms with Crippen LogP contribution in [-0.4, -0.2) is 18.9 Å². The lowest BCUT2D eigenvalue weighted by atomic mass is 9.91. The lowest BCUT2D eigenvalue weighted by Crippen LogP contribution is -2.08. The van der Waals surface area contributed by atoms with E-state index in [1.807, 2.05) is 0 Å². The van der Waals surface area contributed by atoms with Gasteiger partial charge >= 0.3 is 5.97 Å². The molecule has 1 rings (SSSR count). The topological polar surface area (TPSA) is 43.4 Å². The van der Waals surface area contributed by atoms with Gasteiger partial charge in [-0.05, 0) is 30.9 Å². The third-order valence-corrected chi connectivity index (χ3v) is 2.37. The minimum absolute atomic E-state index is 0.181. The molecule has 0 aromatic carbocycles. The first kappa shape index (κ1) is 10.7. The van der Waals surface area contributed by atoms with Crippen molar-refractivity contribution in [3.8, 4) is 0 Å². The summed E-state index contributed by atoms with van der Waals surface area (Å²) in [4.78, 5) is 22.1. The Balaban J connectivity index is 2.77. The molecule has 3 nitrogen and oxygen atoms in total. The van der Waals surface area contributed by atoms with Gasteiger partial charge in [0.15, 0.2) is 5.78 Å². The Morgan fingerprint density at radius 2 is 2.14 bits per heavy atom. The van der Waals surface area contributed by atoms with Gasteiger partial charge in [-0.1, -0.05) is 6.08 Å². The van der Waals surface area contributed by atoms with Gasteiger partial charge in [0.05, 0.1) is 7.11 Å². The molecule has 3 heteroatoms. The summed E-state index contributed by atoms with van der Waals surface area (Å²) in [6.45, 7) is 1.80. The van der Waals surface area contributed by atoms with E-state index in [4.69, 9.17) is 0 Å². The number of ketones is 1. The molecule has 0 unspecified atom stereocenters. The van der Waals surface area contributed by atoms with Crippen molar-refractivity contribution in [1.29, 1.82) is 0 Å². The molecule has 0 amide bonds. The molecule has 0 heterocycles. The zero-order valence-corrected chi connectivity index (χ0v) is 8.50. The minimum Gasteiger partial charge on any atom is -0.466 e. The van der Waals surface area contributed by atoms with Crippen LogP contribution >= 0.6 is 0 Å². The van der Waals surface area contributed by atoms with E-state index in [9.17, 15) is 9.59 Å². The number of ether oxygens (including phenoxy) is 1. The molecule has 0 saturated carbocycles. The fourth-order valence-corrected chi connectivity index (χ4v) is 1.44. The van der Waals surface area contributed by atoms with Crippen molar-refractivity contribution >= 4 is 11.8 Å². The summed E-state index contributed by atoms with van der Waals surface area (Å²) < 4.78 is 4.47. The average molecular weight is 194 g/mol. The van der Waals surface area contributed by atoms with E-state index in [1.165, 1.54) is 13.2 Å². The Morgan fingerprint density at radius 3 is 2.79 bits per heavy atom. The largest absolute Gasteiger partial charge is 0.466 e. The zero-order chi connectivity index (χ0) is 10.6. The average Bonchev–Trinajstić information content (AvgIpc) is 2.20. The predicted octanol–water partition coefficient (Wildman–Crippen LogP) is 1.79. The van der Waals surface area contributed by atoms with Crippen LogP contribution in [0.2, 0.25) is 0 Å². The molecule has 0 saturated heterocycles. The smallest absolute Gasteiger partial charge is 0.330 e. The molecule has 0 aromatic heterocycles. The Hall–Kier alpha value is -1.38. The van der Waals surface area contributed by atoms with Crippen molar-refractivity contribution in [2.24, 2.45) is 0 Å². The van der Waals surface area contributed by atoms with Crippen LogP contribution < -0.4 is 0 Å². The van der Waals surface area contributed by atoms with Crippen molar-refractivity contribution in [2.45, 2.75) is 26.2 Å². The maximum atomic E-state index is 11.3. The number of esters is 1. The molecule has 0 N–H and O–H groups in total. The van der Waals surface area contributed by atoms with Crippen LogP contribution in [0.3, 0.4) is 0 Å². The number of hydrogen-bond donors (Lipinski definition) is 0. The first-order valence-electron chi connectivity index (χ1n) is 4.64. The van der Waals surface area contributed by atoms with Gasteiger partial charge in [0, 0.05) is 12.5 Å². The summed E-state index contributed by atoms with van der Waals surface area (Å²) in [6.07, 6.45) is 5.40. The molecule has 0 aromatic rings. The highest BCUT2D eigenvalue weighted by Gasteiger charge is 2.14. The van der Waals surface area contributed by atoms with E-state index in [0.717, 1.165) is 24.0 Å². The summed E-state index contributed by atoms with van der Waals surface area (Å²) in [5.41, 5.74) is 1.73. The molecule has 1 aliphatic carbocycles. The normalized spacial score (nSPS) is 17.7. The minimum atomic E-state index is -0.386. The van der Waals surface area contributed by atoms with Crippen LogP contribution in [0, 0.1) is 0 Å². The molecule has 1 aliphatic rings. The third-order valence-electron chi connectivity index (χ3n) is 2.37. The second kappa shape index (κ2) is 4.74. The van der Waals surface area contributed by atoms with Crippen LogP contribution in [0.4, 0.5) is 0 Å².